The molecule has 1 saturated heterocycles. The molecule has 33 heavy (non-hydrogen) atoms. The molecule has 0 spiro atoms. The topological polar surface area (TPSA) is 268 Å². The van der Waals surface area contributed by atoms with Crippen molar-refractivity contribution in [2.45, 2.75) is 50.0 Å². The summed E-state index contributed by atoms with van der Waals surface area (Å²) in [5, 5.41) is 76.1. The van der Waals surface area contributed by atoms with E-state index in [9.17, 15) is 40.2 Å². The molecule has 192 valence electrons. The lowest BCUT2D eigenvalue weighted by Gasteiger charge is -2.41. The first-order valence-corrected chi connectivity index (χ1v) is 9.37. The fourth-order valence-electron chi connectivity index (χ4n) is 2.53. The van der Waals surface area contributed by atoms with E-state index in [1.54, 1.807) is 0 Å². The Kier molecular flexibility index (Phi) is 12.5. The number of hydrogen-bond acceptors (Lipinski definition) is 18. The number of esters is 3. The molecule has 1 fully saturated rings. The molecule has 0 unspecified atom stereocenters. The fourth-order valence-corrected chi connectivity index (χ4v) is 2.53. The van der Waals surface area contributed by atoms with Crippen molar-refractivity contribution in [3.8, 4) is 0 Å². The highest BCUT2D eigenvalue weighted by Crippen LogP contribution is 2.26. The minimum absolute atomic E-state index is 0.510. The number of rotatable bonds is 13. The lowest BCUT2D eigenvalue weighted by molar-refractivity contribution is -0.294. The summed E-state index contributed by atoms with van der Waals surface area (Å²) in [6, 6.07) is 0. The van der Waals surface area contributed by atoms with Gasteiger partial charge in [0.15, 0.2) is 18.5 Å². The quantitative estimate of drug-likeness (QED) is 0.0996. The maximum atomic E-state index is 11.9. The van der Waals surface area contributed by atoms with E-state index in [1.165, 1.54) is 0 Å². The largest absolute Gasteiger partial charge is 0.762 e. The van der Waals surface area contributed by atoms with Gasteiger partial charge in [-0.05, 0) is 0 Å². The zero-order valence-electron chi connectivity index (χ0n) is 17.0. The molecule has 0 aromatic carbocycles. The Labute approximate surface area is 185 Å². The van der Waals surface area contributed by atoms with Crippen LogP contribution in [-0.4, -0.2) is 116 Å². The fraction of sp³-hybridized carbons (Fsp3) is 0.800. The monoisotopic (exact) mass is 486 g/mol. The summed E-state index contributed by atoms with van der Waals surface area (Å²) in [6.07, 6.45) is -10.9. The highest BCUT2D eigenvalue weighted by Gasteiger charge is 2.49. The molecule has 1 aliphatic rings. The van der Waals surface area contributed by atoms with E-state index in [0.29, 0.717) is 0 Å². The normalized spacial score (nSPS) is 25.4. The van der Waals surface area contributed by atoms with Crippen LogP contribution in [0.4, 0.5) is 0 Å². The number of ether oxygens (including phenoxy) is 4. The van der Waals surface area contributed by atoms with Gasteiger partial charge in [0.1, 0.15) is 18.8 Å². The first-order chi connectivity index (χ1) is 15.4. The van der Waals surface area contributed by atoms with Gasteiger partial charge in [-0.3, -0.25) is 30.1 Å². The smallest absolute Gasteiger partial charge is 0.307 e. The molecular weight excluding hydrogens is 462 g/mol. The number of nitrogens with zero attached hydrogens (tertiary/aromatic N) is 3. The molecule has 1 rings (SSSR count). The molecule has 1 aliphatic heterocycles. The van der Waals surface area contributed by atoms with Gasteiger partial charge in [-0.2, -0.15) is 0 Å². The van der Waals surface area contributed by atoms with Gasteiger partial charge in [-0.1, -0.05) is 0 Å². The summed E-state index contributed by atoms with van der Waals surface area (Å²) in [6.45, 7) is -2.72. The predicted molar refractivity (Wildman–Crippen MR) is 97.0 cm³/mol. The maximum Gasteiger partial charge on any atom is 0.307 e. The van der Waals surface area contributed by atoms with Crippen molar-refractivity contribution < 1.29 is 59.2 Å². The number of carbonyl (C=O) groups is 3. The van der Waals surface area contributed by atoms with Gasteiger partial charge in [0.2, 0.25) is 0 Å². The van der Waals surface area contributed by atoms with Gasteiger partial charge in [-0.15, -0.1) is 0 Å². The molecular formula is C15H24N3O15-3. The molecule has 0 aromatic heterocycles. The highest BCUT2D eigenvalue weighted by molar-refractivity contribution is 5.71. The Bertz CT molecular complexity index is 634. The lowest BCUT2D eigenvalue weighted by atomic mass is 9.98. The second kappa shape index (κ2) is 14.2. The molecule has 5 atom stereocenters. The van der Waals surface area contributed by atoms with E-state index in [1.807, 2.05) is 0 Å². The Balaban J connectivity index is 2.86. The van der Waals surface area contributed by atoms with Crippen molar-refractivity contribution in [1.29, 1.82) is 0 Å². The van der Waals surface area contributed by atoms with Gasteiger partial charge in [-0.25, -0.2) is 0 Å². The predicted octanol–water partition coefficient (Wildman–Crippen LogP) is -2.83. The van der Waals surface area contributed by atoms with Crippen molar-refractivity contribution in [3.05, 3.63) is 15.6 Å². The van der Waals surface area contributed by atoms with Crippen LogP contribution in [0, 0.1) is 15.6 Å². The average molecular weight is 486 g/mol. The molecule has 5 N–H and O–H groups in total. The van der Waals surface area contributed by atoms with Crippen molar-refractivity contribution in [2.75, 3.05) is 26.2 Å². The van der Waals surface area contributed by atoms with Crippen molar-refractivity contribution >= 4 is 17.9 Å². The molecule has 0 aromatic rings. The van der Waals surface area contributed by atoms with Crippen LogP contribution in [0.5, 0.6) is 0 Å². The van der Waals surface area contributed by atoms with Gasteiger partial charge >= 0.3 is 17.9 Å². The van der Waals surface area contributed by atoms with E-state index < -0.39 is 110 Å². The number of aliphatic hydroxyl groups excluding tert-OH is 2. The van der Waals surface area contributed by atoms with Crippen LogP contribution in [0.3, 0.4) is 0 Å². The second-order valence-electron chi connectivity index (χ2n) is 6.62. The van der Waals surface area contributed by atoms with E-state index in [4.69, 9.17) is 34.6 Å². The van der Waals surface area contributed by atoms with Gasteiger partial charge in [0.25, 0.3) is 0 Å². The summed E-state index contributed by atoms with van der Waals surface area (Å²) in [5.41, 5.74) is 0. The molecule has 1 heterocycles. The summed E-state index contributed by atoms with van der Waals surface area (Å²) < 4.78 is 19.6. The first-order valence-electron chi connectivity index (χ1n) is 9.37. The molecule has 18 nitrogen and oxygen atoms in total. The highest BCUT2D eigenvalue weighted by atomic mass is 16.8. The average Bonchev–Trinajstić information content (AvgIpc) is 2.72. The number of hydrogen-bond donors (Lipinski definition) is 5. The van der Waals surface area contributed by atoms with Crippen LogP contribution in [0.1, 0.15) is 19.3 Å². The molecule has 0 radical (unpaired) electrons. The SMILES string of the molecule is O=C(CCN([O-])O)OC[C@@H]1O[C@H](O)[C@@H](OC(=O)CCN([O-])O)[C@@H](OC(=O)CCN([O-])O)[C@@H]1O. The van der Waals surface area contributed by atoms with Crippen LogP contribution in [0.2, 0.25) is 0 Å². The van der Waals surface area contributed by atoms with Crippen LogP contribution in [0.25, 0.3) is 0 Å². The molecule has 18 heteroatoms. The van der Waals surface area contributed by atoms with Gasteiger partial charge in [0, 0.05) is 19.6 Å². The Morgan fingerprint density at radius 2 is 1.18 bits per heavy atom. The lowest BCUT2D eigenvalue weighted by Crippen LogP contribution is -2.61. The zero-order chi connectivity index (χ0) is 25.1. The Hall–Kier alpha value is -2.07. The van der Waals surface area contributed by atoms with E-state index in [2.05, 4.69) is 0 Å². The molecule has 0 bridgehead atoms. The molecule has 0 saturated carbocycles. The molecule has 0 amide bonds. The summed E-state index contributed by atoms with van der Waals surface area (Å²) in [4.78, 5) is 35.4. The Morgan fingerprint density at radius 1 is 0.758 bits per heavy atom. The van der Waals surface area contributed by atoms with Crippen molar-refractivity contribution in [1.82, 2.24) is 15.7 Å². The van der Waals surface area contributed by atoms with Crippen molar-refractivity contribution in [3.63, 3.8) is 0 Å². The van der Waals surface area contributed by atoms with Crippen LogP contribution < -0.4 is 0 Å². The van der Waals surface area contributed by atoms with Crippen LogP contribution in [0.15, 0.2) is 0 Å². The number of hydroxylamine groups is 6. The second-order valence-corrected chi connectivity index (χ2v) is 6.62. The van der Waals surface area contributed by atoms with Crippen LogP contribution in [-0.2, 0) is 33.3 Å². The minimum Gasteiger partial charge on any atom is -0.762 e. The summed E-state index contributed by atoms with van der Waals surface area (Å²) >= 11 is 0. The molecule has 0 aliphatic carbocycles. The van der Waals surface area contributed by atoms with Crippen LogP contribution >= 0.6 is 0 Å². The van der Waals surface area contributed by atoms with Gasteiger partial charge < -0.3 is 60.4 Å². The van der Waals surface area contributed by atoms with Crippen molar-refractivity contribution in [2.24, 2.45) is 0 Å². The zero-order valence-corrected chi connectivity index (χ0v) is 17.0. The standard InChI is InChI=1S/C15H24N3O15/c19-9(1-4-16(24)25)30-7-8-12(22)13(32-10(20)2-5-17(26)27)14(15(23)31-8)33-11(21)3-6-18(28)29/h8,12-15,22-24,26,28H,1-7H2/q-3/t8-,12+,13-,14-,15-/m0/s1. The Morgan fingerprint density at radius 3 is 1.64 bits per heavy atom. The third-order valence-corrected chi connectivity index (χ3v) is 4.10. The summed E-state index contributed by atoms with van der Waals surface area (Å²) in [7, 11) is 0. The first kappa shape index (κ1) is 29.0. The van der Waals surface area contributed by atoms with Gasteiger partial charge in [0.05, 0.1) is 19.3 Å². The maximum absolute atomic E-state index is 11.9. The number of carbonyl (C=O) groups excluding carboxylic acids is 3. The van der Waals surface area contributed by atoms with E-state index >= 15 is 0 Å². The third-order valence-electron chi connectivity index (χ3n) is 4.10. The summed E-state index contributed by atoms with van der Waals surface area (Å²) in [5.74, 6) is -3.29. The number of aliphatic hydroxyl groups is 2. The minimum atomic E-state index is -2.03. The third kappa shape index (κ3) is 11.1. The van der Waals surface area contributed by atoms with E-state index in [-0.39, 0.29) is 0 Å². The van der Waals surface area contributed by atoms with E-state index in [0.717, 1.165) is 0 Å².